The summed E-state index contributed by atoms with van der Waals surface area (Å²) in [6, 6.07) is 8.82. The van der Waals surface area contributed by atoms with Crippen LogP contribution in [0, 0.1) is 0 Å². The van der Waals surface area contributed by atoms with Crippen molar-refractivity contribution in [3.05, 3.63) is 48.4 Å². The summed E-state index contributed by atoms with van der Waals surface area (Å²) >= 11 is 0.938. The molecule has 1 aromatic carbocycles. The number of carbonyl (C=O) groups is 1. The van der Waals surface area contributed by atoms with E-state index in [4.69, 9.17) is 13.9 Å². The Morgan fingerprint density at radius 1 is 1.16 bits per heavy atom. The summed E-state index contributed by atoms with van der Waals surface area (Å²) in [7, 11) is 2.96. The zero-order valence-electron chi connectivity index (χ0n) is 16.5. The number of nitrogens with zero attached hydrogens (tertiary/aromatic N) is 2. The van der Waals surface area contributed by atoms with Crippen molar-refractivity contribution in [2.24, 2.45) is 0 Å². The van der Waals surface area contributed by atoms with Gasteiger partial charge in [-0.2, -0.15) is 13.2 Å². The van der Waals surface area contributed by atoms with E-state index in [2.05, 4.69) is 15.3 Å². The van der Waals surface area contributed by atoms with Crippen LogP contribution in [-0.4, -0.2) is 35.8 Å². The highest BCUT2D eigenvalue weighted by Gasteiger charge is 2.34. The second-order valence-electron chi connectivity index (χ2n) is 6.11. The van der Waals surface area contributed by atoms with Crippen molar-refractivity contribution in [3.8, 4) is 23.0 Å². The van der Waals surface area contributed by atoms with Gasteiger partial charge in [-0.1, -0.05) is 11.8 Å². The van der Waals surface area contributed by atoms with Gasteiger partial charge in [0.1, 0.15) is 22.9 Å². The number of rotatable bonds is 8. The third-order valence-corrected chi connectivity index (χ3v) is 4.86. The van der Waals surface area contributed by atoms with Crippen LogP contribution in [0.2, 0.25) is 0 Å². The van der Waals surface area contributed by atoms with Crippen molar-refractivity contribution in [2.75, 3.05) is 25.3 Å². The van der Waals surface area contributed by atoms with E-state index in [1.165, 1.54) is 26.5 Å². The number of aromatic nitrogens is 2. The maximum absolute atomic E-state index is 13.2. The Bertz CT molecular complexity index is 1040. The zero-order valence-corrected chi connectivity index (χ0v) is 17.3. The number of methoxy groups -OCH3 is 2. The standard InChI is InChI=1S/C20H18F3N3O4S/c1-28-12-5-6-15(29-2)13(10-12)24-18(27)7-9-31-19-25-14(16-4-3-8-30-16)11-17(26-19)20(21,22)23/h3-6,8,10-11H,7,9H2,1-2H3,(H,24,27). The molecular weight excluding hydrogens is 435 g/mol. The highest BCUT2D eigenvalue weighted by atomic mass is 32.2. The minimum absolute atomic E-state index is 0.0143. The molecule has 0 bridgehead atoms. The topological polar surface area (TPSA) is 86.5 Å². The molecule has 2 heterocycles. The SMILES string of the molecule is COc1ccc(OC)c(NC(=O)CCSc2nc(-c3ccco3)cc(C(F)(F)F)n2)c1. The van der Waals surface area contributed by atoms with Gasteiger partial charge >= 0.3 is 6.18 Å². The van der Waals surface area contributed by atoms with Crippen LogP contribution >= 0.6 is 11.8 Å². The van der Waals surface area contributed by atoms with Crippen molar-refractivity contribution in [3.63, 3.8) is 0 Å². The monoisotopic (exact) mass is 453 g/mol. The van der Waals surface area contributed by atoms with Crippen LogP contribution in [-0.2, 0) is 11.0 Å². The van der Waals surface area contributed by atoms with Gasteiger partial charge in [-0.25, -0.2) is 9.97 Å². The number of thioether (sulfide) groups is 1. The van der Waals surface area contributed by atoms with Crippen LogP contribution in [0.5, 0.6) is 11.5 Å². The van der Waals surface area contributed by atoms with Gasteiger partial charge in [0.15, 0.2) is 10.9 Å². The van der Waals surface area contributed by atoms with Crippen LogP contribution in [0.4, 0.5) is 18.9 Å². The molecule has 0 atom stereocenters. The minimum Gasteiger partial charge on any atom is -0.497 e. The number of ether oxygens (including phenoxy) is 2. The number of hydrogen-bond acceptors (Lipinski definition) is 7. The van der Waals surface area contributed by atoms with E-state index in [0.717, 1.165) is 17.8 Å². The Labute approximate surface area is 180 Å². The summed E-state index contributed by atoms with van der Waals surface area (Å²) in [4.78, 5) is 20.0. The molecule has 11 heteroatoms. The summed E-state index contributed by atoms with van der Waals surface area (Å²) in [6.07, 6.45) is -3.28. The first kappa shape index (κ1) is 22.5. The van der Waals surface area contributed by atoms with Gasteiger partial charge in [-0.05, 0) is 30.3 Å². The lowest BCUT2D eigenvalue weighted by molar-refractivity contribution is -0.141. The Hall–Kier alpha value is -3.21. The zero-order chi connectivity index (χ0) is 22.4. The predicted octanol–water partition coefficient (Wildman–Crippen LogP) is 4.89. The lowest BCUT2D eigenvalue weighted by Gasteiger charge is -2.12. The van der Waals surface area contributed by atoms with Crippen molar-refractivity contribution in [1.29, 1.82) is 0 Å². The summed E-state index contributed by atoms with van der Waals surface area (Å²) in [6.45, 7) is 0. The van der Waals surface area contributed by atoms with Crippen LogP contribution in [0.15, 0.2) is 52.2 Å². The summed E-state index contributed by atoms with van der Waals surface area (Å²) in [5.41, 5.74) is -0.644. The number of amides is 1. The van der Waals surface area contributed by atoms with Crippen LogP contribution in [0.25, 0.3) is 11.5 Å². The van der Waals surface area contributed by atoms with Gasteiger partial charge in [0.25, 0.3) is 0 Å². The molecule has 164 valence electrons. The van der Waals surface area contributed by atoms with Crippen molar-refractivity contribution < 1.29 is 31.9 Å². The summed E-state index contributed by atoms with van der Waals surface area (Å²) < 4.78 is 55.1. The Morgan fingerprint density at radius 3 is 2.61 bits per heavy atom. The van der Waals surface area contributed by atoms with E-state index in [1.54, 1.807) is 24.3 Å². The fourth-order valence-corrected chi connectivity index (χ4v) is 3.34. The average Bonchev–Trinajstić information content (AvgIpc) is 3.28. The van der Waals surface area contributed by atoms with Crippen LogP contribution in [0.1, 0.15) is 12.1 Å². The molecular formula is C20H18F3N3O4S. The van der Waals surface area contributed by atoms with Gasteiger partial charge in [0.2, 0.25) is 5.91 Å². The molecule has 0 radical (unpaired) electrons. The first-order valence-electron chi connectivity index (χ1n) is 8.95. The number of halogens is 3. The number of anilines is 1. The fourth-order valence-electron chi connectivity index (χ4n) is 2.54. The number of carbonyl (C=O) groups excluding carboxylic acids is 1. The maximum atomic E-state index is 13.2. The second-order valence-corrected chi connectivity index (χ2v) is 7.17. The lowest BCUT2D eigenvalue weighted by atomic mass is 10.2. The molecule has 1 N–H and O–H groups in total. The largest absolute Gasteiger partial charge is 0.497 e. The number of hydrogen-bond donors (Lipinski definition) is 1. The normalized spacial score (nSPS) is 11.3. The first-order valence-corrected chi connectivity index (χ1v) is 9.93. The van der Waals surface area contributed by atoms with E-state index in [0.29, 0.717) is 17.2 Å². The average molecular weight is 453 g/mol. The third-order valence-electron chi connectivity index (χ3n) is 4.01. The third kappa shape index (κ3) is 5.91. The Balaban J connectivity index is 1.67. The summed E-state index contributed by atoms with van der Waals surface area (Å²) in [5.74, 6) is 0.992. The Morgan fingerprint density at radius 2 is 1.97 bits per heavy atom. The predicted molar refractivity (Wildman–Crippen MR) is 108 cm³/mol. The molecule has 0 saturated heterocycles. The molecule has 31 heavy (non-hydrogen) atoms. The molecule has 7 nitrogen and oxygen atoms in total. The number of benzene rings is 1. The van der Waals surface area contributed by atoms with Crippen LogP contribution < -0.4 is 14.8 Å². The first-order chi connectivity index (χ1) is 14.8. The van der Waals surface area contributed by atoms with E-state index in [1.807, 2.05) is 0 Å². The maximum Gasteiger partial charge on any atom is 0.433 e. The molecule has 0 spiro atoms. The van der Waals surface area contributed by atoms with Gasteiger partial charge < -0.3 is 19.2 Å². The van der Waals surface area contributed by atoms with E-state index >= 15 is 0 Å². The molecule has 0 saturated carbocycles. The molecule has 1 amide bonds. The molecule has 2 aromatic heterocycles. The fraction of sp³-hybridized carbons (Fsp3) is 0.250. The van der Waals surface area contributed by atoms with E-state index in [9.17, 15) is 18.0 Å². The highest BCUT2D eigenvalue weighted by Crippen LogP contribution is 2.32. The van der Waals surface area contributed by atoms with Gasteiger partial charge in [-0.3, -0.25) is 4.79 Å². The second kappa shape index (κ2) is 9.73. The molecule has 0 aliphatic rings. The van der Waals surface area contributed by atoms with Crippen molar-refractivity contribution >= 4 is 23.4 Å². The van der Waals surface area contributed by atoms with Gasteiger partial charge in [0.05, 0.1) is 26.2 Å². The molecule has 0 fully saturated rings. The molecule has 0 aliphatic heterocycles. The number of alkyl halides is 3. The van der Waals surface area contributed by atoms with Gasteiger partial charge in [-0.15, -0.1) is 0 Å². The van der Waals surface area contributed by atoms with Crippen LogP contribution in [0.3, 0.4) is 0 Å². The highest BCUT2D eigenvalue weighted by molar-refractivity contribution is 7.99. The van der Waals surface area contributed by atoms with Gasteiger partial charge in [0, 0.05) is 18.2 Å². The van der Waals surface area contributed by atoms with E-state index in [-0.39, 0.29) is 34.7 Å². The minimum atomic E-state index is -4.64. The van der Waals surface area contributed by atoms with Crippen molar-refractivity contribution in [1.82, 2.24) is 9.97 Å². The number of furan rings is 1. The lowest BCUT2D eigenvalue weighted by Crippen LogP contribution is -2.13. The smallest absolute Gasteiger partial charge is 0.433 e. The Kier molecular flexibility index (Phi) is 7.06. The van der Waals surface area contributed by atoms with E-state index < -0.39 is 11.9 Å². The molecule has 0 aliphatic carbocycles. The molecule has 3 aromatic rings. The molecule has 3 rings (SSSR count). The molecule has 0 unspecified atom stereocenters. The quantitative estimate of drug-likeness (QED) is 0.384. The number of nitrogens with one attached hydrogen (secondary N) is 1. The van der Waals surface area contributed by atoms with Crippen molar-refractivity contribution in [2.45, 2.75) is 17.8 Å². The summed E-state index contributed by atoms with van der Waals surface area (Å²) in [5, 5.41) is 2.60.